The molecule has 0 unspecified atom stereocenters. The van der Waals surface area contributed by atoms with Gasteiger partial charge < -0.3 is 5.32 Å². The molecule has 0 radical (unpaired) electrons. The Morgan fingerprint density at radius 3 is 2.44 bits per heavy atom. The van der Waals surface area contributed by atoms with Crippen molar-refractivity contribution in [1.29, 1.82) is 0 Å². The number of nitrogens with zero attached hydrogens (tertiary/aromatic N) is 1. The number of hydrogen-bond donors (Lipinski definition) is 2. The highest BCUT2D eigenvalue weighted by molar-refractivity contribution is 7.92. The molecule has 0 spiro atoms. The fourth-order valence-electron chi connectivity index (χ4n) is 2.04. The van der Waals surface area contributed by atoms with Crippen LogP contribution in [0.1, 0.15) is 13.8 Å². The van der Waals surface area contributed by atoms with Crippen LogP contribution in [-0.4, -0.2) is 19.9 Å². The van der Waals surface area contributed by atoms with Crippen LogP contribution in [0.2, 0.25) is 5.02 Å². The Bertz CT molecular complexity index is 885. The van der Waals surface area contributed by atoms with Crippen LogP contribution in [0.5, 0.6) is 0 Å². The molecule has 0 amide bonds. The Labute approximate surface area is 151 Å². The molecule has 0 aliphatic carbocycles. The minimum Gasteiger partial charge on any atom is -0.379 e. The van der Waals surface area contributed by atoms with Crippen molar-refractivity contribution in [2.45, 2.75) is 18.7 Å². The summed E-state index contributed by atoms with van der Waals surface area (Å²) in [5, 5.41) is 14.5. The fourth-order valence-corrected chi connectivity index (χ4v) is 3.38. The maximum absolute atomic E-state index is 12.5. The third-order valence-corrected chi connectivity index (χ3v) is 4.99. The lowest BCUT2D eigenvalue weighted by molar-refractivity contribution is -0.384. The average Bonchev–Trinajstić information content (AvgIpc) is 2.54. The van der Waals surface area contributed by atoms with E-state index in [2.05, 4.69) is 10.0 Å². The van der Waals surface area contributed by atoms with Gasteiger partial charge in [0.2, 0.25) is 0 Å². The van der Waals surface area contributed by atoms with Crippen molar-refractivity contribution < 1.29 is 13.3 Å². The van der Waals surface area contributed by atoms with Gasteiger partial charge in [0.05, 0.1) is 20.5 Å². The van der Waals surface area contributed by atoms with Gasteiger partial charge in [-0.3, -0.25) is 14.8 Å². The van der Waals surface area contributed by atoms with Crippen molar-refractivity contribution in [1.82, 2.24) is 0 Å². The van der Waals surface area contributed by atoms with Crippen LogP contribution in [0, 0.1) is 16.0 Å². The van der Waals surface area contributed by atoms with Gasteiger partial charge in [0.25, 0.3) is 15.7 Å². The number of nitro groups is 1. The first kappa shape index (κ1) is 19.0. The summed E-state index contributed by atoms with van der Waals surface area (Å²) in [5.74, 6) is 0.282. The molecule has 0 bridgehead atoms. The minimum absolute atomic E-state index is 0.203. The molecular formula is C16H18ClN3O4S. The zero-order chi connectivity index (χ0) is 18.6. The second kappa shape index (κ2) is 7.71. The van der Waals surface area contributed by atoms with E-state index in [0.29, 0.717) is 6.54 Å². The number of nitrogens with one attached hydrogen (secondary N) is 2. The molecule has 0 aliphatic heterocycles. The van der Waals surface area contributed by atoms with Gasteiger partial charge in [-0.15, -0.1) is 0 Å². The number of hydrogen-bond acceptors (Lipinski definition) is 5. The van der Waals surface area contributed by atoms with Gasteiger partial charge >= 0.3 is 0 Å². The van der Waals surface area contributed by atoms with Gasteiger partial charge in [0.1, 0.15) is 5.69 Å². The highest BCUT2D eigenvalue weighted by Gasteiger charge is 2.22. The van der Waals surface area contributed by atoms with Crippen LogP contribution in [0.15, 0.2) is 47.4 Å². The normalized spacial score (nSPS) is 11.4. The molecule has 0 atom stereocenters. The van der Waals surface area contributed by atoms with Crippen molar-refractivity contribution in [2.75, 3.05) is 16.6 Å². The Hall–Kier alpha value is -2.32. The van der Waals surface area contributed by atoms with Crippen LogP contribution < -0.4 is 10.0 Å². The van der Waals surface area contributed by atoms with Gasteiger partial charge in [0.15, 0.2) is 0 Å². The van der Waals surface area contributed by atoms with Crippen molar-refractivity contribution in [3.8, 4) is 0 Å². The molecule has 134 valence electrons. The molecule has 0 aromatic heterocycles. The van der Waals surface area contributed by atoms with Crippen LogP contribution in [-0.2, 0) is 10.0 Å². The van der Waals surface area contributed by atoms with Crippen LogP contribution in [0.4, 0.5) is 17.1 Å². The van der Waals surface area contributed by atoms with Crippen LogP contribution >= 0.6 is 11.6 Å². The molecule has 0 heterocycles. The predicted octanol–water partition coefficient (Wildman–Crippen LogP) is 4.12. The van der Waals surface area contributed by atoms with Crippen LogP contribution in [0.25, 0.3) is 0 Å². The van der Waals surface area contributed by atoms with E-state index in [1.165, 1.54) is 18.2 Å². The van der Waals surface area contributed by atoms with E-state index in [9.17, 15) is 18.5 Å². The van der Waals surface area contributed by atoms with Crippen molar-refractivity contribution >= 4 is 38.7 Å². The van der Waals surface area contributed by atoms with E-state index in [1.807, 2.05) is 13.8 Å². The predicted molar refractivity (Wildman–Crippen MR) is 98.7 cm³/mol. The van der Waals surface area contributed by atoms with E-state index in [-0.39, 0.29) is 32.9 Å². The Morgan fingerprint density at radius 2 is 1.84 bits per heavy atom. The molecule has 2 N–H and O–H groups in total. The minimum atomic E-state index is -4.01. The molecule has 2 aromatic rings. The number of rotatable bonds is 7. The number of nitro benzene ring substituents is 1. The molecule has 0 fully saturated rings. The van der Waals surface area contributed by atoms with E-state index < -0.39 is 14.9 Å². The highest BCUT2D eigenvalue weighted by Crippen LogP contribution is 2.30. The maximum atomic E-state index is 12.5. The summed E-state index contributed by atoms with van der Waals surface area (Å²) >= 11 is 5.95. The molecular weight excluding hydrogens is 366 g/mol. The molecule has 9 heteroatoms. The van der Waals surface area contributed by atoms with Gasteiger partial charge in [-0.1, -0.05) is 37.6 Å². The Balaban J connectivity index is 2.36. The van der Waals surface area contributed by atoms with E-state index >= 15 is 0 Å². The summed E-state index contributed by atoms with van der Waals surface area (Å²) in [6, 6.07) is 10.1. The molecule has 2 rings (SSSR count). The van der Waals surface area contributed by atoms with Crippen molar-refractivity contribution in [3.63, 3.8) is 0 Å². The van der Waals surface area contributed by atoms with Gasteiger partial charge in [-0.25, -0.2) is 8.42 Å². The SMILES string of the molecule is CC(C)CNc1ccc(S(=O)(=O)Nc2ccccc2Cl)cc1[N+](=O)[O-]. The van der Waals surface area contributed by atoms with Gasteiger partial charge in [0, 0.05) is 12.6 Å². The molecule has 7 nitrogen and oxygen atoms in total. The van der Waals surface area contributed by atoms with Crippen LogP contribution in [0.3, 0.4) is 0 Å². The summed E-state index contributed by atoms with van der Waals surface area (Å²) in [5.41, 5.74) is 0.173. The summed E-state index contributed by atoms with van der Waals surface area (Å²) in [6.07, 6.45) is 0. The Morgan fingerprint density at radius 1 is 1.16 bits per heavy atom. The maximum Gasteiger partial charge on any atom is 0.293 e. The second-order valence-corrected chi connectivity index (χ2v) is 7.89. The summed E-state index contributed by atoms with van der Waals surface area (Å²) in [6.45, 7) is 4.46. The quantitative estimate of drug-likeness (QED) is 0.553. The standard InChI is InChI=1S/C16H18ClN3O4S/c1-11(2)10-18-15-8-7-12(9-16(15)20(21)22)25(23,24)19-14-6-4-3-5-13(14)17/h3-9,11,18-19H,10H2,1-2H3. The Kier molecular flexibility index (Phi) is 5.86. The van der Waals surface area contributed by atoms with E-state index in [1.54, 1.807) is 18.2 Å². The number of sulfonamides is 1. The van der Waals surface area contributed by atoms with Gasteiger partial charge in [-0.2, -0.15) is 0 Å². The lowest BCUT2D eigenvalue weighted by atomic mass is 10.2. The van der Waals surface area contributed by atoms with E-state index in [0.717, 1.165) is 6.07 Å². The zero-order valence-corrected chi connectivity index (χ0v) is 15.3. The number of para-hydroxylation sites is 1. The molecule has 0 aliphatic rings. The highest BCUT2D eigenvalue weighted by atomic mass is 35.5. The van der Waals surface area contributed by atoms with E-state index in [4.69, 9.17) is 11.6 Å². The van der Waals surface area contributed by atoms with Crippen molar-refractivity contribution in [3.05, 3.63) is 57.6 Å². The smallest absolute Gasteiger partial charge is 0.293 e. The first-order valence-electron chi connectivity index (χ1n) is 7.50. The average molecular weight is 384 g/mol. The largest absolute Gasteiger partial charge is 0.379 e. The lowest BCUT2D eigenvalue weighted by Gasteiger charge is -2.12. The number of halogens is 1. The molecule has 0 saturated heterocycles. The first-order valence-corrected chi connectivity index (χ1v) is 9.36. The lowest BCUT2D eigenvalue weighted by Crippen LogP contribution is -2.14. The van der Waals surface area contributed by atoms with Gasteiger partial charge in [-0.05, 0) is 30.2 Å². The molecule has 0 saturated carbocycles. The third kappa shape index (κ3) is 4.83. The zero-order valence-electron chi connectivity index (χ0n) is 13.7. The fraction of sp³-hybridized carbons (Fsp3) is 0.250. The number of anilines is 2. The number of benzene rings is 2. The monoisotopic (exact) mass is 383 g/mol. The summed E-state index contributed by atoms with van der Waals surface area (Å²) in [4.78, 5) is 10.5. The molecule has 25 heavy (non-hydrogen) atoms. The van der Waals surface area contributed by atoms with Crippen molar-refractivity contribution in [2.24, 2.45) is 5.92 Å². The summed E-state index contributed by atoms with van der Waals surface area (Å²) < 4.78 is 27.3. The topological polar surface area (TPSA) is 101 Å². The second-order valence-electron chi connectivity index (χ2n) is 5.80. The molecule has 2 aromatic carbocycles. The third-order valence-electron chi connectivity index (χ3n) is 3.30. The first-order chi connectivity index (χ1) is 11.7. The summed E-state index contributed by atoms with van der Waals surface area (Å²) in [7, 11) is -4.01.